The molecular weight excluding hydrogens is 258 g/mol. The maximum atomic E-state index is 3.47. The molecule has 1 aromatic carbocycles. The molecule has 0 aliphatic rings. The van der Waals surface area contributed by atoms with Crippen LogP contribution in [0.3, 0.4) is 0 Å². The van der Waals surface area contributed by atoms with E-state index < -0.39 is 0 Å². The van der Waals surface area contributed by atoms with Gasteiger partial charge in [0.05, 0.1) is 0 Å². The first-order valence-corrected chi connectivity index (χ1v) is 6.64. The second-order valence-electron chi connectivity index (χ2n) is 3.12. The number of hydrogen-bond donors (Lipinski definition) is 1. The molecule has 0 atom stereocenters. The van der Waals surface area contributed by atoms with Gasteiger partial charge in [-0.3, -0.25) is 0 Å². The van der Waals surface area contributed by atoms with E-state index in [9.17, 15) is 0 Å². The van der Waals surface area contributed by atoms with Gasteiger partial charge in [-0.2, -0.15) is 0 Å². The van der Waals surface area contributed by atoms with Crippen molar-refractivity contribution in [2.75, 3.05) is 19.3 Å². The Morgan fingerprint density at radius 3 is 2.93 bits per heavy atom. The standard InChI is InChI=1S/C11H16BrNS/c1-13-7-2-3-8-14-11-6-4-5-10(12)9-11/h4-6,9,13H,2-3,7-8H2,1H3. The zero-order valence-corrected chi connectivity index (χ0v) is 10.8. The first kappa shape index (κ1) is 12.1. The quantitative estimate of drug-likeness (QED) is 0.629. The Bertz CT molecular complexity index is 265. The van der Waals surface area contributed by atoms with Crippen molar-refractivity contribution in [2.45, 2.75) is 17.7 Å². The first-order valence-electron chi connectivity index (χ1n) is 4.86. The van der Waals surface area contributed by atoms with E-state index in [0.717, 1.165) is 11.0 Å². The average molecular weight is 274 g/mol. The number of nitrogens with one attached hydrogen (secondary N) is 1. The minimum absolute atomic E-state index is 1.12. The molecular formula is C11H16BrNS. The van der Waals surface area contributed by atoms with E-state index in [-0.39, 0.29) is 0 Å². The lowest BCUT2D eigenvalue weighted by molar-refractivity contribution is 0.715. The molecule has 0 aromatic heterocycles. The van der Waals surface area contributed by atoms with Crippen LogP contribution < -0.4 is 5.32 Å². The Labute approximate surface area is 98.8 Å². The second kappa shape index (κ2) is 7.32. The van der Waals surface area contributed by atoms with Crippen LogP contribution in [0, 0.1) is 0 Å². The summed E-state index contributed by atoms with van der Waals surface area (Å²) in [5, 5.41) is 3.16. The molecule has 0 heterocycles. The van der Waals surface area contributed by atoms with E-state index in [1.165, 1.54) is 23.5 Å². The topological polar surface area (TPSA) is 12.0 Å². The van der Waals surface area contributed by atoms with Crippen molar-refractivity contribution in [3.63, 3.8) is 0 Å². The van der Waals surface area contributed by atoms with Crippen LogP contribution in [0.5, 0.6) is 0 Å². The number of unbranched alkanes of at least 4 members (excludes halogenated alkanes) is 1. The van der Waals surface area contributed by atoms with Gasteiger partial charge in [-0.15, -0.1) is 11.8 Å². The summed E-state index contributed by atoms with van der Waals surface area (Å²) < 4.78 is 1.16. The number of benzene rings is 1. The van der Waals surface area contributed by atoms with Crippen LogP contribution in [0.2, 0.25) is 0 Å². The average Bonchev–Trinajstić information content (AvgIpc) is 2.18. The van der Waals surface area contributed by atoms with E-state index >= 15 is 0 Å². The molecule has 78 valence electrons. The molecule has 0 bridgehead atoms. The fraction of sp³-hybridized carbons (Fsp3) is 0.455. The molecule has 0 saturated heterocycles. The van der Waals surface area contributed by atoms with Gasteiger partial charge in [-0.25, -0.2) is 0 Å². The Kier molecular flexibility index (Phi) is 6.32. The van der Waals surface area contributed by atoms with Crippen LogP contribution in [0.4, 0.5) is 0 Å². The Hall–Kier alpha value is 0.01000. The molecule has 0 radical (unpaired) electrons. The van der Waals surface area contributed by atoms with Crippen LogP contribution in [-0.4, -0.2) is 19.3 Å². The van der Waals surface area contributed by atoms with Crippen LogP contribution >= 0.6 is 27.7 Å². The summed E-state index contributed by atoms with van der Waals surface area (Å²) >= 11 is 5.40. The van der Waals surface area contributed by atoms with Gasteiger partial charge in [-0.1, -0.05) is 22.0 Å². The largest absolute Gasteiger partial charge is 0.320 e. The van der Waals surface area contributed by atoms with Crippen LogP contribution in [-0.2, 0) is 0 Å². The third kappa shape index (κ3) is 5.03. The van der Waals surface area contributed by atoms with Gasteiger partial charge in [0.1, 0.15) is 0 Å². The van der Waals surface area contributed by atoms with Gasteiger partial charge >= 0.3 is 0 Å². The van der Waals surface area contributed by atoms with E-state index in [2.05, 4.69) is 45.5 Å². The minimum atomic E-state index is 1.12. The molecule has 3 heteroatoms. The molecule has 0 amide bonds. The smallest absolute Gasteiger partial charge is 0.0186 e. The fourth-order valence-corrected chi connectivity index (χ4v) is 2.67. The third-order valence-electron chi connectivity index (χ3n) is 1.89. The summed E-state index contributed by atoms with van der Waals surface area (Å²) in [4.78, 5) is 1.35. The predicted octanol–water partition coefficient (Wildman–Crippen LogP) is 3.54. The first-order chi connectivity index (χ1) is 6.83. The van der Waals surface area contributed by atoms with Gasteiger partial charge in [0.25, 0.3) is 0 Å². The zero-order valence-electron chi connectivity index (χ0n) is 8.42. The lowest BCUT2D eigenvalue weighted by Crippen LogP contribution is -2.07. The molecule has 1 nitrogen and oxygen atoms in total. The highest BCUT2D eigenvalue weighted by Gasteiger charge is 1.94. The molecule has 1 N–H and O–H groups in total. The summed E-state index contributed by atoms with van der Waals surface area (Å²) in [5.74, 6) is 1.21. The summed E-state index contributed by atoms with van der Waals surface area (Å²) in [5.41, 5.74) is 0. The summed E-state index contributed by atoms with van der Waals surface area (Å²) in [6.07, 6.45) is 2.54. The maximum Gasteiger partial charge on any atom is 0.0186 e. The Balaban J connectivity index is 2.18. The van der Waals surface area contributed by atoms with Crippen LogP contribution in [0.1, 0.15) is 12.8 Å². The van der Waals surface area contributed by atoms with Crippen molar-refractivity contribution >= 4 is 27.7 Å². The van der Waals surface area contributed by atoms with Crippen LogP contribution in [0.15, 0.2) is 33.6 Å². The molecule has 14 heavy (non-hydrogen) atoms. The lowest BCUT2D eigenvalue weighted by Gasteiger charge is -2.02. The van der Waals surface area contributed by atoms with Crippen molar-refractivity contribution in [3.8, 4) is 0 Å². The van der Waals surface area contributed by atoms with Crippen molar-refractivity contribution in [2.24, 2.45) is 0 Å². The van der Waals surface area contributed by atoms with E-state index in [1.54, 1.807) is 0 Å². The second-order valence-corrected chi connectivity index (χ2v) is 5.20. The van der Waals surface area contributed by atoms with Crippen molar-refractivity contribution in [1.29, 1.82) is 0 Å². The Morgan fingerprint density at radius 2 is 2.21 bits per heavy atom. The lowest BCUT2D eigenvalue weighted by atomic mass is 10.3. The van der Waals surface area contributed by atoms with Crippen molar-refractivity contribution < 1.29 is 0 Å². The van der Waals surface area contributed by atoms with Gasteiger partial charge in [0.2, 0.25) is 0 Å². The third-order valence-corrected chi connectivity index (χ3v) is 3.46. The molecule has 0 fully saturated rings. The molecule has 1 rings (SSSR count). The normalized spacial score (nSPS) is 10.4. The van der Waals surface area contributed by atoms with E-state index in [0.29, 0.717) is 0 Å². The summed E-state index contributed by atoms with van der Waals surface area (Å²) in [7, 11) is 2.00. The summed E-state index contributed by atoms with van der Waals surface area (Å²) in [6, 6.07) is 8.47. The summed E-state index contributed by atoms with van der Waals surface area (Å²) in [6.45, 7) is 1.12. The predicted molar refractivity (Wildman–Crippen MR) is 68.0 cm³/mol. The number of halogens is 1. The number of hydrogen-bond acceptors (Lipinski definition) is 2. The molecule has 1 aromatic rings. The Morgan fingerprint density at radius 1 is 1.36 bits per heavy atom. The van der Waals surface area contributed by atoms with Crippen LogP contribution in [0.25, 0.3) is 0 Å². The highest BCUT2D eigenvalue weighted by Crippen LogP contribution is 2.22. The zero-order chi connectivity index (χ0) is 10.2. The van der Waals surface area contributed by atoms with E-state index in [4.69, 9.17) is 0 Å². The molecule has 0 unspecified atom stereocenters. The molecule has 0 spiro atoms. The number of thioether (sulfide) groups is 1. The van der Waals surface area contributed by atoms with Crippen molar-refractivity contribution in [1.82, 2.24) is 5.32 Å². The monoisotopic (exact) mass is 273 g/mol. The number of rotatable bonds is 6. The van der Waals surface area contributed by atoms with Gasteiger partial charge in [-0.05, 0) is 50.4 Å². The highest BCUT2D eigenvalue weighted by atomic mass is 79.9. The highest BCUT2D eigenvalue weighted by molar-refractivity contribution is 9.10. The van der Waals surface area contributed by atoms with Gasteiger partial charge in [0.15, 0.2) is 0 Å². The van der Waals surface area contributed by atoms with Crippen molar-refractivity contribution in [3.05, 3.63) is 28.7 Å². The fourth-order valence-electron chi connectivity index (χ4n) is 1.15. The van der Waals surface area contributed by atoms with Gasteiger partial charge < -0.3 is 5.32 Å². The van der Waals surface area contributed by atoms with E-state index in [1.807, 2.05) is 18.8 Å². The maximum absolute atomic E-state index is 3.47. The van der Waals surface area contributed by atoms with Gasteiger partial charge in [0, 0.05) is 9.37 Å². The molecule has 0 saturated carbocycles. The SMILES string of the molecule is CNCCCCSc1cccc(Br)c1. The molecule has 0 aliphatic heterocycles. The minimum Gasteiger partial charge on any atom is -0.320 e. The molecule has 0 aliphatic carbocycles.